The van der Waals surface area contributed by atoms with Gasteiger partial charge in [-0.25, -0.2) is 0 Å². The minimum absolute atomic E-state index is 0.127. The molecule has 0 aliphatic carbocycles. The van der Waals surface area contributed by atoms with Crippen molar-refractivity contribution in [3.63, 3.8) is 0 Å². The average molecular weight is 292 g/mol. The van der Waals surface area contributed by atoms with Crippen molar-refractivity contribution in [2.75, 3.05) is 7.11 Å². The maximum absolute atomic E-state index is 6.22. The summed E-state index contributed by atoms with van der Waals surface area (Å²) in [6, 6.07) is 15.7. The summed E-state index contributed by atoms with van der Waals surface area (Å²) < 4.78 is 6.25. The Morgan fingerprint density at radius 1 is 1.06 bits per heavy atom. The Hall–Kier alpha value is -1.32. The molecule has 3 heteroatoms. The Balaban J connectivity index is 2.29. The standard InChI is InChI=1S/C14H14BrNO/c1-17-13-4-2-3-11(9-13)14(16)10-5-7-12(15)8-6-10/h2-9,14H,16H2,1H3. The second-order valence-corrected chi connectivity index (χ2v) is 4.72. The first-order chi connectivity index (χ1) is 8.20. The van der Waals surface area contributed by atoms with Crippen molar-refractivity contribution >= 4 is 15.9 Å². The second kappa shape index (κ2) is 5.34. The molecule has 1 atom stereocenters. The molecule has 2 N–H and O–H groups in total. The van der Waals surface area contributed by atoms with E-state index < -0.39 is 0 Å². The Morgan fingerprint density at radius 2 is 1.76 bits per heavy atom. The Labute approximate surface area is 110 Å². The first-order valence-corrected chi connectivity index (χ1v) is 6.15. The number of ether oxygens (including phenoxy) is 1. The highest BCUT2D eigenvalue weighted by Crippen LogP contribution is 2.24. The van der Waals surface area contributed by atoms with Gasteiger partial charge in [0.2, 0.25) is 0 Å². The van der Waals surface area contributed by atoms with Crippen LogP contribution >= 0.6 is 15.9 Å². The molecular formula is C14H14BrNO. The molecule has 0 saturated carbocycles. The molecule has 1 unspecified atom stereocenters. The number of hydrogen-bond donors (Lipinski definition) is 1. The number of rotatable bonds is 3. The molecule has 0 saturated heterocycles. The maximum Gasteiger partial charge on any atom is 0.119 e. The Bertz CT molecular complexity index is 496. The molecule has 2 aromatic carbocycles. The fourth-order valence-corrected chi connectivity index (χ4v) is 1.96. The molecule has 0 fully saturated rings. The summed E-state index contributed by atoms with van der Waals surface area (Å²) in [4.78, 5) is 0. The van der Waals surface area contributed by atoms with E-state index in [0.717, 1.165) is 21.3 Å². The van der Waals surface area contributed by atoms with Crippen molar-refractivity contribution in [1.29, 1.82) is 0 Å². The summed E-state index contributed by atoms with van der Waals surface area (Å²) in [5, 5.41) is 0. The molecule has 88 valence electrons. The predicted octanol–water partition coefficient (Wildman–Crippen LogP) is 3.51. The van der Waals surface area contributed by atoms with Crippen LogP contribution in [0.1, 0.15) is 17.2 Å². The van der Waals surface area contributed by atoms with Crippen molar-refractivity contribution in [2.45, 2.75) is 6.04 Å². The molecule has 2 rings (SSSR count). The first-order valence-electron chi connectivity index (χ1n) is 5.35. The molecule has 0 aliphatic rings. The van der Waals surface area contributed by atoms with E-state index in [1.165, 1.54) is 0 Å². The van der Waals surface area contributed by atoms with E-state index in [1.807, 2.05) is 48.5 Å². The average Bonchev–Trinajstić information content (AvgIpc) is 2.39. The number of hydrogen-bond acceptors (Lipinski definition) is 2. The lowest BCUT2D eigenvalue weighted by Gasteiger charge is -2.13. The number of halogens is 1. The number of nitrogens with two attached hydrogens (primary N) is 1. The van der Waals surface area contributed by atoms with Gasteiger partial charge in [0.05, 0.1) is 13.2 Å². The molecular weight excluding hydrogens is 278 g/mol. The van der Waals surface area contributed by atoms with Crippen LogP contribution in [0, 0.1) is 0 Å². The molecule has 0 heterocycles. The van der Waals surface area contributed by atoms with Crippen LogP contribution in [0.4, 0.5) is 0 Å². The van der Waals surface area contributed by atoms with E-state index >= 15 is 0 Å². The van der Waals surface area contributed by atoms with Gasteiger partial charge in [0.25, 0.3) is 0 Å². The third-order valence-corrected chi connectivity index (χ3v) is 3.21. The number of methoxy groups -OCH3 is 1. The van der Waals surface area contributed by atoms with Crippen LogP contribution in [0.15, 0.2) is 53.0 Å². The van der Waals surface area contributed by atoms with Crippen LogP contribution in [-0.2, 0) is 0 Å². The molecule has 0 spiro atoms. The van der Waals surface area contributed by atoms with Gasteiger partial charge in [0.1, 0.15) is 5.75 Å². The van der Waals surface area contributed by atoms with Crippen LogP contribution in [0.25, 0.3) is 0 Å². The zero-order valence-corrected chi connectivity index (χ0v) is 11.1. The van der Waals surface area contributed by atoms with E-state index in [4.69, 9.17) is 10.5 Å². The monoisotopic (exact) mass is 291 g/mol. The van der Waals surface area contributed by atoms with E-state index in [9.17, 15) is 0 Å². The third-order valence-electron chi connectivity index (χ3n) is 2.68. The highest BCUT2D eigenvalue weighted by atomic mass is 79.9. The molecule has 0 aromatic heterocycles. The summed E-state index contributed by atoms with van der Waals surface area (Å²) in [5.41, 5.74) is 8.35. The lowest BCUT2D eigenvalue weighted by molar-refractivity contribution is 0.414. The lowest BCUT2D eigenvalue weighted by atomic mass is 10.00. The summed E-state index contributed by atoms with van der Waals surface area (Å²) in [6.45, 7) is 0. The normalized spacial score (nSPS) is 12.2. The molecule has 2 aromatic rings. The molecule has 0 radical (unpaired) electrons. The van der Waals surface area contributed by atoms with Crippen molar-refractivity contribution < 1.29 is 4.74 Å². The molecule has 0 aliphatic heterocycles. The van der Waals surface area contributed by atoms with Crippen molar-refractivity contribution in [2.24, 2.45) is 5.73 Å². The predicted molar refractivity (Wildman–Crippen MR) is 73.2 cm³/mol. The zero-order chi connectivity index (χ0) is 12.3. The minimum atomic E-state index is -0.127. The minimum Gasteiger partial charge on any atom is -0.497 e. The van der Waals surface area contributed by atoms with Gasteiger partial charge >= 0.3 is 0 Å². The van der Waals surface area contributed by atoms with Crippen LogP contribution in [0.5, 0.6) is 5.75 Å². The van der Waals surface area contributed by atoms with Gasteiger partial charge in [-0.2, -0.15) is 0 Å². The SMILES string of the molecule is COc1cccc(C(N)c2ccc(Br)cc2)c1. The lowest BCUT2D eigenvalue weighted by Crippen LogP contribution is -2.11. The van der Waals surface area contributed by atoms with Crippen LogP contribution in [-0.4, -0.2) is 7.11 Å². The second-order valence-electron chi connectivity index (χ2n) is 3.81. The van der Waals surface area contributed by atoms with Gasteiger partial charge < -0.3 is 10.5 Å². The summed E-state index contributed by atoms with van der Waals surface area (Å²) >= 11 is 3.41. The Morgan fingerprint density at radius 3 is 2.41 bits per heavy atom. The molecule has 17 heavy (non-hydrogen) atoms. The molecule has 0 amide bonds. The smallest absolute Gasteiger partial charge is 0.119 e. The van der Waals surface area contributed by atoms with Gasteiger partial charge in [-0.15, -0.1) is 0 Å². The summed E-state index contributed by atoms with van der Waals surface area (Å²) in [7, 11) is 1.66. The van der Waals surface area contributed by atoms with Crippen LogP contribution in [0.3, 0.4) is 0 Å². The van der Waals surface area contributed by atoms with E-state index in [1.54, 1.807) is 7.11 Å². The highest BCUT2D eigenvalue weighted by Gasteiger charge is 2.09. The molecule has 2 nitrogen and oxygen atoms in total. The van der Waals surface area contributed by atoms with Gasteiger partial charge in [-0.1, -0.05) is 40.2 Å². The van der Waals surface area contributed by atoms with E-state index in [2.05, 4.69) is 15.9 Å². The Kier molecular flexibility index (Phi) is 3.82. The molecule has 0 bridgehead atoms. The van der Waals surface area contributed by atoms with Crippen molar-refractivity contribution in [1.82, 2.24) is 0 Å². The summed E-state index contributed by atoms with van der Waals surface area (Å²) in [5.74, 6) is 0.829. The van der Waals surface area contributed by atoms with Crippen molar-refractivity contribution in [3.05, 3.63) is 64.1 Å². The largest absolute Gasteiger partial charge is 0.497 e. The summed E-state index contributed by atoms with van der Waals surface area (Å²) in [6.07, 6.45) is 0. The van der Waals surface area contributed by atoms with Crippen LogP contribution < -0.4 is 10.5 Å². The fraction of sp³-hybridized carbons (Fsp3) is 0.143. The topological polar surface area (TPSA) is 35.2 Å². The van der Waals surface area contributed by atoms with Gasteiger partial charge in [0.15, 0.2) is 0 Å². The van der Waals surface area contributed by atoms with Crippen molar-refractivity contribution in [3.8, 4) is 5.75 Å². The zero-order valence-electron chi connectivity index (χ0n) is 9.56. The highest BCUT2D eigenvalue weighted by molar-refractivity contribution is 9.10. The van der Waals surface area contributed by atoms with E-state index in [-0.39, 0.29) is 6.04 Å². The maximum atomic E-state index is 6.22. The fourth-order valence-electron chi connectivity index (χ4n) is 1.70. The van der Waals surface area contributed by atoms with Crippen LogP contribution in [0.2, 0.25) is 0 Å². The quantitative estimate of drug-likeness (QED) is 0.939. The first kappa shape index (κ1) is 12.1. The van der Waals surface area contributed by atoms with Gasteiger partial charge in [-0.05, 0) is 35.4 Å². The van der Waals surface area contributed by atoms with Gasteiger partial charge in [0, 0.05) is 4.47 Å². The van der Waals surface area contributed by atoms with Gasteiger partial charge in [-0.3, -0.25) is 0 Å². The third kappa shape index (κ3) is 2.87. The number of benzene rings is 2. The van der Waals surface area contributed by atoms with E-state index in [0.29, 0.717) is 0 Å².